The Balaban J connectivity index is 1.85. The van der Waals surface area contributed by atoms with Gasteiger partial charge in [0.1, 0.15) is 5.92 Å². The van der Waals surface area contributed by atoms with Gasteiger partial charge in [0.2, 0.25) is 5.91 Å². The first-order valence-electron chi connectivity index (χ1n) is 6.69. The summed E-state index contributed by atoms with van der Waals surface area (Å²) < 4.78 is 5.43. The summed E-state index contributed by atoms with van der Waals surface area (Å²) in [5.74, 6) is -4.68. The van der Waals surface area contributed by atoms with Crippen LogP contribution in [-0.2, 0) is 14.3 Å². The fourth-order valence-electron chi connectivity index (χ4n) is 2.91. The van der Waals surface area contributed by atoms with Gasteiger partial charge in [-0.25, -0.2) is 4.79 Å². The molecule has 114 valence electrons. The Morgan fingerprint density at radius 2 is 1.64 bits per heavy atom. The zero-order chi connectivity index (χ0) is 15.9. The molecule has 0 saturated carbocycles. The summed E-state index contributed by atoms with van der Waals surface area (Å²) in [7, 11) is 0. The van der Waals surface area contributed by atoms with E-state index in [1.54, 1.807) is 24.3 Å². The van der Waals surface area contributed by atoms with E-state index >= 15 is 0 Å². The molecule has 7 heteroatoms. The third-order valence-electron chi connectivity index (χ3n) is 3.90. The number of aliphatic carboxylic acids is 1. The summed E-state index contributed by atoms with van der Waals surface area (Å²) in [4.78, 5) is 34.9. The lowest BCUT2D eigenvalue weighted by atomic mass is 9.82. The highest BCUT2D eigenvalue weighted by Crippen LogP contribution is 2.40. The molecule has 2 aliphatic rings. The number of carbonyl (C=O) groups excluding carboxylic acids is 1. The van der Waals surface area contributed by atoms with E-state index in [-0.39, 0.29) is 11.3 Å². The highest BCUT2D eigenvalue weighted by Gasteiger charge is 2.53. The molecule has 3 rings (SSSR count). The van der Waals surface area contributed by atoms with E-state index in [0.717, 1.165) is 0 Å². The van der Waals surface area contributed by atoms with Crippen molar-refractivity contribution in [3.8, 4) is 0 Å². The molecule has 22 heavy (non-hydrogen) atoms. The number of fused-ring (bicyclic) bond motifs is 2. The van der Waals surface area contributed by atoms with Crippen molar-refractivity contribution in [2.24, 2.45) is 11.8 Å². The standard InChI is InChI=1S/C15H13NO6/c17-13(16-8-4-2-1-3-7(8)14(18)19)11-9-5-6-10(22-9)12(11)15(20)21/h1-6,9-12H,(H,16,17)(H,18,19)(H,20,21)/t9-,10-,11+,12-/m0/s1. The number of hydrogen-bond donors (Lipinski definition) is 3. The van der Waals surface area contributed by atoms with E-state index in [2.05, 4.69) is 5.32 Å². The maximum absolute atomic E-state index is 12.4. The Morgan fingerprint density at radius 3 is 2.27 bits per heavy atom. The number of nitrogens with one attached hydrogen (secondary N) is 1. The molecule has 2 aliphatic heterocycles. The number of ether oxygens (including phenoxy) is 1. The summed E-state index contributed by atoms with van der Waals surface area (Å²) in [5.41, 5.74) is 0.0817. The summed E-state index contributed by atoms with van der Waals surface area (Å²) in [5, 5.41) is 20.9. The van der Waals surface area contributed by atoms with Gasteiger partial charge in [-0.2, -0.15) is 0 Å². The number of carboxylic acid groups (broad SMARTS) is 2. The van der Waals surface area contributed by atoms with E-state index in [1.165, 1.54) is 12.1 Å². The first kappa shape index (κ1) is 14.3. The van der Waals surface area contributed by atoms with Crippen molar-refractivity contribution in [1.29, 1.82) is 0 Å². The highest BCUT2D eigenvalue weighted by atomic mass is 16.5. The van der Waals surface area contributed by atoms with Crippen LogP contribution in [0.25, 0.3) is 0 Å². The fourth-order valence-corrected chi connectivity index (χ4v) is 2.91. The molecule has 2 heterocycles. The summed E-state index contributed by atoms with van der Waals surface area (Å²) in [6, 6.07) is 5.96. The summed E-state index contributed by atoms with van der Waals surface area (Å²) in [6.07, 6.45) is 2.09. The smallest absolute Gasteiger partial charge is 0.337 e. The average Bonchev–Trinajstić information content (AvgIpc) is 3.08. The Bertz CT molecular complexity index is 682. The third kappa shape index (κ3) is 2.25. The van der Waals surface area contributed by atoms with Gasteiger partial charge in [0.25, 0.3) is 0 Å². The number of amides is 1. The number of carboxylic acids is 2. The van der Waals surface area contributed by atoms with Crippen LogP contribution >= 0.6 is 0 Å². The maximum atomic E-state index is 12.4. The number of hydrogen-bond acceptors (Lipinski definition) is 4. The van der Waals surface area contributed by atoms with E-state index in [4.69, 9.17) is 9.84 Å². The number of aromatic carboxylic acids is 1. The topological polar surface area (TPSA) is 113 Å². The molecule has 1 aromatic rings. The highest BCUT2D eigenvalue weighted by molar-refractivity contribution is 6.02. The van der Waals surface area contributed by atoms with Gasteiger partial charge in [-0.3, -0.25) is 9.59 Å². The zero-order valence-corrected chi connectivity index (χ0v) is 11.3. The normalized spacial score (nSPS) is 28.5. The Hall–Kier alpha value is -2.67. The van der Waals surface area contributed by atoms with Gasteiger partial charge < -0.3 is 20.3 Å². The fraction of sp³-hybridized carbons (Fsp3) is 0.267. The SMILES string of the molecule is O=C(O)c1ccccc1NC(=O)[C@H]1[C@@H](C(=O)O)[C@@H]2C=C[C@@H]1O2. The Morgan fingerprint density at radius 1 is 1.00 bits per heavy atom. The molecule has 0 aliphatic carbocycles. The van der Waals surface area contributed by atoms with Gasteiger partial charge in [-0.15, -0.1) is 0 Å². The number of para-hydroxylation sites is 1. The summed E-state index contributed by atoms with van der Waals surface area (Å²) in [6.45, 7) is 0. The molecular formula is C15H13NO6. The van der Waals surface area contributed by atoms with Crippen molar-refractivity contribution in [2.45, 2.75) is 12.2 Å². The number of benzene rings is 1. The first-order valence-corrected chi connectivity index (χ1v) is 6.69. The van der Waals surface area contributed by atoms with Gasteiger partial charge in [0, 0.05) is 0 Å². The molecule has 1 amide bonds. The Kier molecular flexibility index (Phi) is 3.42. The van der Waals surface area contributed by atoms with Crippen LogP contribution in [0.5, 0.6) is 0 Å². The number of carbonyl (C=O) groups is 3. The summed E-state index contributed by atoms with van der Waals surface area (Å²) >= 11 is 0. The average molecular weight is 303 g/mol. The van der Waals surface area contributed by atoms with Crippen LogP contribution in [0.1, 0.15) is 10.4 Å². The molecular weight excluding hydrogens is 290 g/mol. The lowest BCUT2D eigenvalue weighted by molar-refractivity contribution is -0.145. The molecule has 4 atom stereocenters. The van der Waals surface area contributed by atoms with E-state index < -0.39 is 41.9 Å². The largest absolute Gasteiger partial charge is 0.481 e. The molecule has 0 aromatic heterocycles. The second-order valence-electron chi connectivity index (χ2n) is 5.18. The monoisotopic (exact) mass is 303 g/mol. The minimum atomic E-state index is -1.17. The molecule has 1 aromatic carbocycles. The van der Waals surface area contributed by atoms with Crippen LogP contribution in [0.4, 0.5) is 5.69 Å². The molecule has 0 radical (unpaired) electrons. The van der Waals surface area contributed by atoms with Crippen LogP contribution < -0.4 is 5.32 Å². The second kappa shape index (κ2) is 5.27. The van der Waals surface area contributed by atoms with Crippen molar-refractivity contribution in [3.05, 3.63) is 42.0 Å². The van der Waals surface area contributed by atoms with Gasteiger partial charge in [0.05, 0.1) is 29.4 Å². The lowest BCUT2D eigenvalue weighted by Gasteiger charge is -2.21. The van der Waals surface area contributed by atoms with E-state index in [1.807, 2.05) is 0 Å². The van der Waals surface area contributed by atoms with Crippen LogP contribution in [0.15, 0.2) is 36.4 Å². The van der Waals surface area contributed by atoms with Crippen molar-refractivity contribution in [3.63, 3.8) is 0 Å². The molecule has 1 saturated heterocycles. The maximum Gasteiger partial charge on any atom is 0.337 e. The minimum Gasteiger partial charge on any atom is -0.481 e. The van der Waals surface area contributed by atoms with Gasteiger partial charge >= 0.3 is 11.9 Å². The zero-order valence-electron chi connectivity index (χ0n) is 11.3. The Labute approximate surface area is 125 Å². The van der Waals surface area contributed by atoms with Crippen LogP contribution in [0.3, 0.4) is 0 Å². The molecule has 0 spiro atoms. The molecule has 3 N–H and O–H groups in total. The van der Waals surface area contributed by atoms with Gasteiger partial charge in [-0.05, 0) is 12.1 Å². The van der Waals surface area contributed by atoms with Crippen molar-refractivity contribution < 1.29 is 29.3 Å². The quantitative estimate of drug-likeness (QED) is 0.715. The van der Waals surface area contributed by atoms with Crippen LogP contribution in [0.2, 0.25) is 0 Å². The predicted molar refractivity (Wildman–Crippen MR) is 74.4 cm³/mol. The first-order chi connectivity index (χ1) is 10.5. The molecule has 2 bridgehead atoms. The third-order valence-corrected chi connectivity index (χ3v) is 3.90. The minimum absolute atomic E-state index is 0.0534. The van der Waals surface area contributed by atoms with E-state index in [9.17, 15) is 19.5 Å². The van der Waals surface area contributed by atoms with Crippen molar-refractivity contribution in [1.82, 2.24) is 0 Å². The van der Waals surface area contributed by atoms with Crippen molar-refractivity contribution in [2.75, 3.05) is 5.32 Å². The van der Waals surface area contributed by atoms with E-state index in [0.29, 0.717) is 0 Å². The lowest BCUT2D eigenvalue weighted by Crippen LogP contribution is -2.39. The van der Waals surface area contributed by atoms with Crippen LogP contribution in [-0.4, -0.2) is 40.3 Å². The van der Waals surface area contributed by atoms with Crippen LogP contribution in [0, 0.1) is 11.8 Å². The van der Waals surface area contributed by atoms with Gasteiger partial charge in [-0.1, -0.05) is 24.3 Å². The van der Waals surface area contributed by atoms with Crippen molar-refractivity contribution >= 4 is 23.5 Å². The second-order valence-corrected chi connectivity index (χ2v) is 5.18. The molecule has 1 fully saturated rings. The predicted octanol–water partition coefficient (Wildman–Crippen LogP) is 0.977. The van der Waals surface area contributed by atoms with Gasteiger partial charge in [0.15, 0.2) is 0 Å². The number of rotatable bonds is 4. The molecule has 7 nitrogen and oxygen atoms in total. The molecule has 0 unspecified atom stereocenters. The number of anilines is 1.